The second-order valence-electron chi connectivity index (χ2n) is 4.37. The molecule has 2 N–H and O–H groups in total. The van der Waals surface area contributed by atoms with Crippen LogP contribution < -0.4 is 5.32 Å². The van der Waals surface area contributed by atoms with Gasteiger partial charge in [0.15, 0.2) is 0 Å². The van der Waals surface area contributed by atoms with E-state index in [0.29, 0.717) is 12.6 Å². The summed E-state index contributed by atoms with van der Waals surface area (Å²) in [6.07, 6.45) is 4.46. The molecule has 3 atom stereocenters. The molecule has 1 aliphatic rings. The molecule has 1 saturated carbocycles. The van der Waals surface area contributed by atoms with Crippen molar-refractivity contribution in [3.05, 3.63) is 0 Å². The number of hydrogen-bond donors (Lipinski definition) is 2. The zero-order valence-corrected chi connectivity index (χ0v) is 9.33. The predicted molar refractivity (Wildman–Crippen MR) is 57.3 cm³/mol. The van der Waals surface area contributed by atoms with Gasteiger partial charge in [0.2, 0.25) is 0 Å². The van der Waals surface area contributed by atoms with Crippen molar-refractivity contribution in [2.45, 2.75) is 44.8 Å². The number of nitrogens with one attached hydrogen (secondary N) is 1. The third-order valence-corrected chi connectivity index (χ3v) is 3.10. The lowest BCUT2D eigenvalue weighted by Crippen LogP contribution is -2.34. The number of rotatable bonds is 6. The predicted octanol–water partition coefficient (Wildman–Crippen LogP) is 1.16. The molecule has 1 fully saturated rings. The molecule has 1 aliphatic carbocycles. The molecule has 14 heavy (non-hydrogen) atoms. The van der Waals surface area contributed by atoms with Crippen molar-refractivity contribution in [2.75, 3.05) is 20.3 Å². The molecule has 1 rings (SSSR count). The average Bonchev–Trinajstić information content (AvgIpc) is 2.52. The van der Waals surface area contributed by atoms with Crippen LogP contribution in [0.4, 0.5) is 0 Å². The summed E-state index contributed by atoms with van der Waals surface area (Å²) in [5, 5.41) is 12.9. The summed E-state index contributed by atoms with van der Waals surface area (Å²) in [5.41, 5.74) is 0. The van der Waals surface area contributed by atoms with Crippen LogP contribution in [0.15, 0.2) is 0 Å². The van der Waals surface area contributed by atoms with E-state index in [1.807, 2.05) is 0 Å². The Hall–Kier alpha value is -0.120. The number of ether oxygens (including phenoxy) is 1. The Morgan fingerprint density at radius 2 is 2.29 bits per heavy atom. The van der Waals surface area contributed by atoms with Crippen LogP contribution in [-0.4, -0.2) is 37.5 Å². The van der Waals surface area contributed by atoms with Crippen LogP contribution in [0.25, 0.3) is 0 Å². The van der Waals surface area contributed by atoms with E-state index in [1.54, 1.807) is 7.11 Å². The average molecular weight is 201 g/mol. The Morgan fingerprint density at radius 3 is 2.86 bits per heavy atom. The summed E-state index contributed by atoms with van der Waals surface area (Å²) >= 11 is 0. The third kappa shape index (κ3) is 3.95. The second-order valence-corrected chi connectivity index (χ2v) is 4.37. The first kappa shape index (κ1) is 12.0. The summed E-state index contributed by atoms with van der Waals surface area (Å²) in [7, 11) is 1.62. The van der Waals surface area contributed by atoms with Crippen LogP contribution in [0.1, 0.15) is 32.6 Å². The van der Waals surface area contributed by atoms with Crippen LogP contribution >= 0.6 is 0 Å². The summed E-state index contributed by atoms with van der Waals surface area (Å²) in [6, 6.07) is 0.671. The van der Waals surface area contributed by atoms with Crippen molar-refractivity contribution in [3.8, 4) is 0 Å². The summed E-state index contributed by atoms with van der Waals surface area (Å²) in [4.78, 5) is 0. The van der Waals surface area contributed by atoms with E-state index in [2.05, 4.69) is 12.2 Å². The van der Waals surface area contributed by atoms with E-state index >= 15 is 0 Å². The summed E-state index contributed by atoms with van der Waals surface area (Å²) in [6.45, 7) is 3.65. The smallest absolute Gasteiger partial charge is 0.0785 e. The molecule has 0 radical (unpaired) electrons. The van der Waals surface area contributed by atoms with E-state index < -0.39 is 0 Å². The maximum atomic E-state index is 9.42. The number of methoxy groups -OCH3 is 1. The van der Waals surface area contributed by atoms with Gasteiger partial charge in [-0.1, -0.05) is 13.3 Å². The number of hydrogen-bond acceptors (Lipinski definition) is 3. The minimum atomic E-state index is -0.316. The van der Waals surface area contributed by atoms with Gasteiger partial charge in [0, 0.05) is 13.2 Å². The monoisotopic (exact) mass is 201 g/mol. The molecule has 0 aliphatic heterocycles. The Bertz CT molecular complexity index is 152. The minimum Gasteiger partial charge on any atom is -0.391 e. The fraction of sp³-hybridized carbons (Fsp3) is 1.00. The van der Waals surface area contributed by atoms with Crippen molar-refractivity contribution in [1.82, 2.24) is 5.32 Å². The van der Waals surface area contributed by atoms with Crippen molar-refractivity contribution >= 4 is 0 Å². The molecule has 3 heteroatoms. The SMILES string of the molecule is COCC(O)CCNC1CCCC1C. The third-order valence-electron chi connectivity index (χ3n) is 3.10. The van der Waals surface area contributed by atoms with Gasteiger partial charge in [-0.3, -0.25) is 0 Å². The molecule has 84 valence electrons. The maximum absolute atomic E-state index is 9.42. The van der Waals surface area contributed by atoms with Gasteiger partial charge in [0.1, 0.15) is 0 Å². The molecular weight excluding hydrogens is 178 g/mol. The molecule has 0 aromatic rings. The molecular formula is C11H23NO2. The van der Waals surface area contributed by atoms with Gasteiger partial charge < -0.3 is 15.2 Å². The van der Waals surface area contributed by atoms with Crippen LogP contribution in [-0.2, 0) is 4.74 Å². The molecule has 0 saturated heterocycles. The van der Waals surface area contributed by atoms with Crippen molar-refractivity contribution in [2.24, 2.45) is 5.92 Å². The summed E-state index contributed by atoms with van der Waals surface area (Å²) < 4.78 is 4.87. The zero-order valence-electron chi connectivity index (χ0n) is 9.33. The molecule has 0 spiro atoms. The van der Waals surface area contributed by atoms with Crippen LogP contribution in [0.5, 0.6) is 0 Å². The highest BCUT2D eigenvalue weighted by molar-refractivity contribution is 4.80. The van der Waals surface area contributed by atoms with E-state index in [1.165, 1.54) is 19.3 Å². The van der Waals surface area contributed by atoms with Crippen molar-refractivity contribution in [1.29, 1.82) is 0 Å². The largest absolute Gasteiger partial charge is 0.391 e. The lowest BCUT2D eigenvalue weighted by molar-refractivity contribution is 0.0588. The van der Waals surface area contributed by atoms with Crippen molar-refractivity contribution in [3.63, 3.8) is 0 Å². The number of aliphatic hydroxyl groups excluding tert-OH is 1. The lowest BCUT2D eigenvalue weighted by atomic mass is 10.1. The van der Waals surface area contributed by atoms with Gasteiger partial charge in [0.25, 0.3) is 0 Å². The first-order chi connectivity index (χ1) is 6.74. The van der Waals surface area contributed by atoms with Gasteiger partial charge in [0.05, 0.1) is 12.7 Å². The fourth-order valence-corrected chi connectivity index (χ4v) is 2.16. The quantitative estimate of drug-likeness (QED) is 0.677. The summed E-state index contributed by atoms with van der Waals surface area (Å²) in [5.74, 6) is 0.801. The van der Waals surface area contributed by atoms with Crippen molar-refractivity contribution < 1.29 is 9.84 Å². The van der Waals surface area contributed by atoms with E-state index in [9.17, 15) is 5.11 Å². The maximum Gasteiger partial charge on any atom is 0.0785 e. The second kappa shape index (κ2) is 6.38. The molecule has 3 unspecified atom stereocenters. The van der Waals surface area contributed by atoms with E-state index in [-0.39, 0.29) is 6.10 Å². The fourth-order valence-electron chi connectivity index (χ4n) is 2.16. The Balaban J connectivity index is 2.03. The Morgan fingerprint density at radius 1 is 1.50 bits per heavy atom. The van der Waals surface area contributed by atoms with Gasteiger partial charge in [-0.2, -0.15) is 0 Å². The highest BCUT2D eigenvalue weighted by Crippen LogP contribution is 2.24. The normalized spacial score (nSPS) is 29.4. The Kier molecular flexibility index (Phi) is 5.45. The molecule has 0 heterocycles. The molecule has 0 amide bonds. The molecule has 0 aromatic heterocycles. The van der Waals surface area contributed by atoms with Crippen LogP contribution in [0, 0.1) is 5.92 Å². The lowest BCUT2D eigenvalue weighted by Gasteiger charge is -2.18. The van der Waals surface area contributed by atoms with Gasteiger partial charge >= 0.3 is 0 Å². The van der Waals surface area contributed by atoms with Crippen LogP contribution in [0.2, 0.25) is 0 Å². The van der Waals surface area contributed by atoms with Gasteiger partial charge in [-0.15, -0.1) is 0 Å². The Labute approximate surface area is 86.8 Å². The minimum absolute atomic E-state index is 0.316. The standard InChI is InChI=1S/C11H23NO2/c1-9-4-3-5-11(9)12-7-6-10(13)8-14-2/h9-13H,3-8H2,1-2H3. The first-order valence-electron chi connectivity index (χ1n) is 5.64. The number of aliphatic hydroxyl groups is 1. The van der Waals surface area contributed by atoms with Gasteiger partial charge in [-0.25, -0.2) is 0 Å². The van der Waals surface area contributed by atoms with Gasteiger partial charge in [-0.05, 0) is 31.7 Å². The van der Waals surface area contributed by atoms with E-state index in [4.69, 9.17) is 4.74 Å². The van der Waals surface area contributed by atoms with E-state index in [0.717, 1.165) is 18.9 Å². The highest BCUT2D eigenvalue weighted by Gasteiger charge is 2.22. The molecule has 0 bridgehead atoms. The zero-order chi connectivity index (χ0) is 10.4. The highest BCUT2D eigenvalue weighted by atomic mass is 16.5. The molecule has 3 nitrogen and oxygen atoms in total. The molecule has 0 aromatic carbocycles. The van der Waals surface area contributed by atoms with Crippen LogP contribution in [0.3, 0.4) is 0 Å². The topological polar surface area (TPSA) is 41.5 Å². The first-order valence-corrected chi connectivity index (χ1v) is 5.64.